The van der Waals surface area contributed by atoms with Crippen LogP contribution >= 0.6 is 0 Å². The van der Waals surface area contributed by atoms with Crippen molar-refractivity contribution in [3.63, 3.8) is 0 Å². The predicted molar refractivity (Wildman–Crippen MR) is 55.9 cm³/mol. The lowest BCUT2D eigenvalue weighted by atomic mass is 10.2. The lowest BCUT2D eigenvalue weighted by Gasteiger charge is -2.04. The van der Waals surface area contributed by atoms with E-state index in [1.165, 1.54) is 0 Å². The van der Waals surface area contributed by atoms with Crippen molar-refractivity contribution < 1.29 is 14.7 Å². The monoisotopic (exact) mass is 209 g/mol. The average molecular weight is 209 g/mol. The SMILES string of the molecule is O=C(Cc1ccccc1)ONCCCO. The van der Waals surface area contributed by atoms with E-state index in [9.17, 15) is 4.79 Å². The molecule has 1 rings (SSSR count). The lowest BCUT2D eigenvalue weighted by molar-refractivity contribution is -0.150. The molecule has 15 heavy (non-hydrogen) atoms. The van der Waals surface area contributed by atoms with E-state index in [0.717, 1.165) is 5.56 Å². The topological polar surface area (TPSA) is 58.6 Å². The molecule has 0 aliphatic carbocycles. The summed E-state index contributed by atoms with van der Waals surface area (Å²) in [4.78, 5) is 16.0. The zero-order valence-electron chi connectivity index (χ0n) is 8.48. The van der Waals surface area contributed by atoms with Crippen molar-refractivity contribution in [1.29, 1.82) is 0 Å². The Kier molecular flexibility index (Phi) is 5.43. The first-order valence-electron chi connectivity index (χ1n) is 4.90. The minimum absolute atomic E-state index is 0.0865. The quantitative estimate of drug-likeness (QED) is 0.534. The maximum atomic E-state index is 11.2. The normalized spacial score (nSPS) is 9.93. The highest BCUT2D eigenvalue weighted by molar-refractivity contribution is 5.72. The molecule has 4 nitrogen and oxygen atoms in total. The van der Waals surface area contributed by atoms with Gasteiger partial charge in [0.1, 0.15) is 0 Å². The average Bonchev–Trinajstić information content (AvgIpc) is 2.26. The third-order valence-corrected chi connectivity index (χ3v) is 1.81. The molecule has 82 valence electrons. The number of carbonyl (C=O) groups excluding carboxylic acids is 1. The van der Waals surface area contributed by atoms with Crippen molar-refractivity contribution >= 4 is 5.97 Å². The van der Waals surface area contributed by atoms with E-state index in [2.05, 4.69) is 5.48 Å². The minimum atomic E-state index is -0.320. The maximum absolute atomic E-state index is 11.2. The molecule has 2 N–H and O–H groups in total. The highest BCUT2D eigenvalue weighted by atomic mass is 16.7. The summed E-state index contributed by atoms with van der Waals surface area (Å²) in [5.74, 6) is -0.320. The fourth-order valence-corrected chi connectivity index (χ4v) is 1.08. The molecule has 0 aliphatic heterocycles. The Hall–Kier alpha value is -1.39. The Labute approximate surface area is 88.8 Å². The second kappa shape index (κ2) is 6.98. The fraction of sp³-hybridized carbons (Fsp3) is 0.364. The summed E-state index contributed by atoms with van der Waals surface area (Å²) in [5, 5.41) is 8.49. The summed E-state index contributed by atoms with van der Waals surface area (Å²) in [6, 6.07) is 9.39. The van der Waals surface area contributed by atoms with E-state index in [4.69, 9.17) is 9.94 Å². The molecule has 4 heteroatoms. The van der Waals surface area contributed by atoms with Crippen LogP contribution in [0.15, 0.2) is 30.3 Å². The molecule has 1 aromatic carbocycles. The van der Waals surface area contributed by atoms with Crippen molar-refractivity contribution in [3.8, 4) is 0 Å². The second-order valence-electron chi connectivity index (χ2n) is 3.11. The molecular formula is C11H15NO3. The summed E-state index contributed by atoms with van der Waals surface area (Å²) in [5.41, 5.74) is 3.42. The number of hydrogen-bond donors (Lipinski definition) is 2. The molecule has 0 unspecified atom stereocenters. The molecule has 0 saturated heterocycles. The number of hydroxylamine groups is 1. The third kappa shape index (κ3) is 5.15. The van der Waals surface area contributed by atoms with Gasteiger partial charge in [-0.25, -0.2) is 0 Å². The summed E-state index contributed by atoms with van der Waals surface area (Å²) in [7, 11) is 0. The van der Waals surface area contributed by atoms with Crippen LogP contribution in [0.5, 0.6) is 0 Å². The van der Waals surface area contributed by atoms with E-state index in [1.807, 2.05) is 30.3 Å². The van der Waals surface area contributed by atoms with Crippen LogP contribution in [0.3, 0.4) is 0 Å². The summed E-state index contributed by atoms with van der Waals surface area (Å²) < 4.78 is 0. The first-order chi connectivity index (χ1) is 7.33. The van der Waals surface area contributed by atoms with Crippen molar-refractivity contribution in [1.82, 2.24) is 5.48 Å². The Morgan fingerprint density at radius 3 is 2.73 bits per heavy atom. The Balaban J connectivity index is 2.19. The lowest BCUT2D eigenvalue weighted by Crippen LogP contribution is -2.22. The number of carbonyl (C=O) groups is 1. The number of rotatable bonds is 6. The Morgan fingerprint density at radius 1 is 1.33 bits per heavy atom. The smallest absolute Gasteiger partial charge is 0.329 e. The molecule has 0 heterocycles. The van der Waals surface area contributed by atoms with Crippen LogP contribution < -0.4 is 5.48 Å². The van der Waals surface area contributed by atoms with Gasteiger partial charge in [-0.2, -0.15) is 5.48 Å². The van der Waals surface area contributed by atoms with Gasteiger partial charge in [-0.15, -0.1) is 0 Å². The molecule has 0 radical (unpaired) electrons. The van der Waals surface area contributed by atoms with E-state index in [0.29, 0.717) is 13.0 Å². The zero-order chi connectivity index (χ0) is 10.9. The summed E-state index contributed by atoms with van der Waals surface area (Å²) in [6.45, 7) is 0.556. The first-order valence-corrected chi connectivity index (χ1v) is 4.90. The highest BCUT2D eigenvalue weighted by Gasteiger charge is 2.03. The highest BCUT2D eigenvalue weighted by Crippen LogP contribution is 1.99. The Bertz CT molecular complexity index is 287. The van der Waals surface area contributed by atoms with Crippen molar-refractivity contribution in [3.05, 3.63) is 35.9 Å². The van der Waals surface area contributed by atoms with Crippen LogP contribution in [-0.4, -0.2) is 24.2 Å². The fourth-order valence-electron chi connectivity index (χ4n) is 1.08. The van der Waals surface area contributed by atoms with Crippen LogP contribution in [0.25, 0.3) is 0 Å². The van der Waals surface area contributed by atoms with Crippen LogP contribution in [0, 0.1) is 0 Å². The zero-order valence-corrected chi connectivity index (χ0v) is 8.48. The molecule has 0 bridgehead atoms. The van der Waals surface area contributed by atoms with Gasteiger partial charge < -0.3 is 9.94 Å². The van der Waals surface area contributed by atoms with E-state index < -0.39 is 0 Å². The molecule has 0 saturated carbocycles. The first kappa shape index (κ1) is 11.7. The van der Waals surface area contributed by atoms with Crippen LogP contribution in [0.4, 0.5) is 0 Å². The van der Waals surface area contributed by atoms with Crippen LogP contribution in [0.2, 0.25) is 0 Å². The summed E-state index contributed by atoms with van der Waals surface area (Å²) >= 11 is 0. The molecule has 1 aromatic rings. The second-order valence-corrected chi connectivity index (χ2v) is 3.11. The van der Waals surface area contributed by atoms with Gasteiger partial charge in [0.25, 0.3) is 0 Å². The minimum Gasteiger partial charge on any atom is -0.396 e. The van der Waals surface area contributed by atoms with Gasteiger partial charge in [-0.1, -0.05) is 30.3 Å². The van der Waals surface area contributed by atoms with Crippen LogP contribution in [0.1, 0.15) is 12.0 Å². The van der Waals surface area contributed by atoms with Gasteiger partial charge >= 0.3 is 5.97 Å². The number of aliphatic hydroxyl groups excluding tert-OH is 1. The standard InChI is InChI=1S/C11H15NO3/c13-8-4-7-12-15-11(14)9-10-5-2-1-3-6-10/h1-3,5-6,12-13H,4,7-9H2. The van der Waals surface area contributed by atoms with E-state index in [-0.39, 0.29) is 19.0 Å². The molecule has 0 spiro atoms. The Morgan fingerprint density at radius 2 is 2.07 bits per heavy atom. The van der Waals surface area contributed by atoms with Gasteiger partial charge in [-0.3, -0.25) is 4.79 Å². The van der Waals surface area contributed by atoms with Gasteiger partial charge in [0.2, 0.25) is 0 Å². The van der Waals surface area contributed by atoms with Gasteiger partial charge in [-0.05, 0) is 12.0 Å². The maximum Gasteiger partial charge on any atom is 0.329 e. The van der Waals surface area contributed by atoms with Gasteiger partial charge in [0.05, 0.1) is 6.42 Å². The summed E-state index contributed by atoms with van der Waals surface area (Å²) in [6.07, 6.45) is 0.825. The number of benzene rings is 1. The molecule has 0 aliphatic rings. The van der Waals surface area contributed by atoms with Crippen molar-refractivity contribution in [2.75, 3.05) is 13.2 Å². The predicted octanol–water partition coefficient (Wildman–Crippen LogP) is 0.659. The molecule has 0 fully saturated rings. The van der Waals surface area contributed by atoms with Crippen molar-refractivity contribution in [2.45, 2.75) is 12.8 Å². The van der Waals surface area contributed by atoms with Crippen molar-refractivity contribution in [2.24, 2.45) is 0 Å². The number of hydrogen-bond acceptors (Lipinski definition) is 4. The van der Waals surface area contributed by atoms with E-state index >= 15 is 0 Å². The molecule has 0 aromatic heterocycles. The third-order valence-electron chi connectivity index (χ3n) is 1.81. The number of nitrogens with one attached hydrogen (secondary N) is 1. The van der Waals surface area contributed by atoms with Gasteiger partial charge in [0, 0.05) is 13.2 Å². The molecule has 0 atom stereocenters. The molecular weight excluding hydrogens is 194 g/mol. The largest absolute Gasteiger partial charge is 0.396 e. The van der Waals surface area contributed by atoms with Gasteiger partial charge in [0.15, 0.2) is 0 Å². The van der Waals surface area contributed by atoms with E-state index in [1.54, 1.807) is 0 Å². The number of aliphatic hydroxyl groups is 1. The molecule has 0 amide bonds. The van der Waals surface area contributed by atoms with Crippen LogP contribution in [-0.2, 0) is 16.1 Å².